The lowest BCUT2D eigenvalue weighted by atomic mass is 10.2. The van der Waals surface area contributed by atoms with Gasteiger partial charge in [0, 0.05) is 17.6 Å². The SMILES string of the molecule is CC(Nc1c(F)cccc1Br)C(=O)N1CCCC1. The van der Waals surface area contributed by atoms with Gasteiger partial charge in [-0.15, -0.1) is 0 Å². The summed E-state index contributed by atoms with van der Waals surface area (Å²) in [6, 6.07) is 4.33. The number of halogens is 2. The van der Waals surface area contributed by atoms with Crippen LogP contribution in [0.2, 0.25) is 0 Å². The van der Waals surface area contributed by atoms with Gasteiger partial charge in [0.15, 0.2) is 0 Å². The van der Waals surface area contributed by atoms with Crippen molar-refractivity contribution < 1.29 is 9.18 Å². The summed E-state index contributed by atoms with van der Waals surface area (Å²) in [7, 11) is 0. The molecule has 1 aliphatic rings. The maximum atomic E-state index is 13.6. The summed E-state index contributed by atoms with van der Waals surface area (Å²) >= 11 is 3.28. The average Bonchev–Trinajstić information content (AvgIpc) is 2.86. The minimum absolute atomic E-state index is 0.0302. The first-order valence-corrected chi connectivity index (χ1v) is 6.88. The van der Waals surface area contributed by atoms with Crippen LogP contribution in [0.25, 0.3) is 0 Å². The summed E-state index contributed by atoms with van der Waals surface area (Å²) in [6.45, 7) is 3.38. The molecule has 1 heterocycles. The first kappa shape index (κ1) is 13.3. The number of hydrogen-bond donors (Lipinski definition) is 1. The lowest BCUT2D eigenvalue weighted by molar-refractivity contribution is -0.130. The van der Waals surface area contributed by atoms with Gasteiger partial charge in [0.25, 0.3) is 0 Å². The highest BCUT2D eigenvalue weighted by Crippen LogP contribution is 2.26. The predicted octanol–water partition coefficient (Wildman–Crippen LogP) is 3.01. The van der Waals surface area contributed by atoms with Crippen LogP contribution in [0.1, 0.15) is 19.8 Å². The Morgan fingerprint density at radius 3 is 2.72 bits per heavy atom. The van der Waals surface area contributed by atoms with Gasteiger partial charge in [-0.1, -0.05) is 6.07 Å². The normalized spacial score (nSPS) is 16.7. The van der Waals surface area contributed by atoms with E-state index < -0.39 is 6.04 Å². The standard InChI is InChI=1S/C13H16BrFN2O/c1-9(13(18)17-7-2-3-8-17)16-12-10(14)5-4-6-11(12)15/h4-6,9,16H,2-3,7-8H2,1H3. The molecule has 3 nitrogen and oxygen atoms in total. The number of carbonyl (C=O) groups is 1. The molecular weight excluding hydrogens is 299 g/mol. The monoisotopic (exact) mass is 314 g/mol. The van der Waals surface area contributed by atoms with Gasteiger partial charge in [-0.3, -0.25) is 4.79 Å². The summed E-state index contributed by atoms with van der Waals surface area (Å²) in [5.41, 5.74) is 0.345. The van der Waals surface area contributed by atoms with Crippen molar-refractivity contribution in [2.24, 2.45) is 0 Å². The highest BCUT2D eigenvalue weighted by molar-refractivity contribution is 9.10. The molecule has 5 heteroatoms. The van der Waals surface area contributed by atoms with Gasteiger partial charge < -0.3 is 10.2 Å². The third kappa shape index (κ3) is 2.83. The number of benzene rings is 1. The number of rotatable bonds is 3. The Morgan fingerprint density at radius 2 is 2.11 bits per heavy atom. The van der Waals surface area contributed by atoms with Gasteiger partial charge >= 0.3 is 0 Å². The van der Waals surface area contributed by atoms with Gasteiger partial charge in [-0.2, -0.15) is 0 Å². The Morgan fingerprint density at radius 1 is 1.44 bits per heavy atom. The lowest BCUT2D eigenvalue weighted by Crippen LogP contribution is -2.39. The molecule has 0 spiro atoms. The van der Waals surface area contributed by atoms with E-state index in [0.29, 0.717) is 10.2 Å². The number of likely N-dealkylation sites (tertiary alicyclic amines) is 1. The number of carbonyl (C=O) groups excluding carboxylic acids is 1. The molecule has 18 heavy (non-hydrogen) atoms. The Hall–Kier alpha value is -1.10. The molecule has 1 fully saturated rings. The Balaban J connectivity index is 2.06. The van der Waals surface area contributed by atoms with Crippen molar-refractivity contribution in [2.75, 3.05) is 18.4 Å². The van der Waals surface area contributed by atoms with Crippen LogP contribution in [0.15, 0.2) is 22.7 Å². The maximum Gasteiger partial charge on any atom is 0.244 e. The summed E-state index contributed by atoms with van der Waals surface area (Å²) in [5, 5.41) is 2.94. The average molecular weight is 315 g/mol. The van der Waals surface area contributed by atoms with Gasteiger partial charge in [-0.05, 0) is 47.8 Å². The molecular formula is C13H16BrFN2O. The van der Waals surface area contributed by atoms with Crippen LogP contribution in [0.5, 0.6) is 0 Å². The van der Waals surface area contributed by atoms with Gasteiger partial charge in [-0.25, -0.2) is 4.39 Å². The summed E-state index contributed by atoms with van der Waals surface area (Å²) in [4.78, 5) is 13.9. The van der Waals surface area contributed by atoms with Crippen LogP contribution in [0.4, 0.5) is 10.1 Å². The molecule has 1 N–H and O–H groups in total. The minimum atomic E-state index is -0.420. The molecule has 1 saturated heterocycles. The summed E-state index contributed by atoms with van der Waals surface area (Å²) in [6.07, 6.45) is 2.11. The van der Waals surface area contributed by atoms with Crippen LogP contribution in [0.3, 0.4) is 0 Å². The molecule has 1 unspecified atom stereocenters. The first-order valence-electron chi connectivity index (χ1n) is 6.09. The van der Waals surface area contributed by atoms with Crippen molar-refractivity contribution in [3.8, 4) is 0 Å². The quantitative estimate of drug-likeness (QED) is 0.930. The van der Waals surface area contributed by atoms with Crippen LogP contribution < -0.4 is 5.32 Å². The van der Waals surface area contributed by atoms with Crippen molar-refractivity contribution in [1.82, 2.24) is 4.90 Å². The zero-order chi connectivity index (χ0) is 13.1. The summed E-state index contributed by atoms with van der Waals surface area (Å²) < 4.78 is 14.3. The maximum absolute atomic E-state index is 13.6. The Kier molecular flexibility index (Phi) is 4.22. The molecule has 2 rings (SSSR count). The second-order valence-electron chi connectivity index (χ2n) is 4.50. The number of amides is 1. The number of nitrogens with one attached hydrogen (secondary N) is 1. The van der Waals surface area contributed by atoms with Crippen molar-refractivity contribution in [3.63, 3.8) is 0 Å². The molecule has 0 aromatic heterocycles. The fourth-order valence-electron chi connectivity index (χ4n) is 2.13. The molecule has 1 atom stereocenters. The second-order valence-corrected chi connectivity index (χ2v) is 5.35. The van der Waals surface area contributed by atoms with E-state index in [1.165, 1.54) is 6.07 Å². The Bertz CT molecular complexity index is 426. The third-order valence-corrected chi connectivity index (χ3v) is 3.77. The van der Waals surface area contributed by atoms with Crippen molar-refractivity contribution in [3.05, 3.63) is 28.5 Å². The first-order chi connectivity index (χ1) is 8.59. The van der Waals surface area contributed by atoms with Gasteiger partial charge in [0.05, 0.1) is 5.69 Å². The molecule has 0 saturated carbocycles. The topological polar surface area (TPSA) is 32.3 Å². The van der Waals surface area contributed by atoms with E-state index in [9.17, 15) is 9.18 Å². The minimum Gasteiger partial charge on any atom is -0.371 e. The fourth-order valence-corrected chi connectivity index (χ4v) is 2.58. The second kappa shape index (κ2) is 5.69. The Labute approximate surface area is 114 Å². The number of para-hydroxylation sites is 1. The van der Waals surface area contributed by atoms with E-state index in [-0.39, 0.29) is 11.7 Å². The molecule has 0 radical (unpaired) electrons. The van der Waals surface area contributed by atoms with Crippen LogP contribution in [0, 0.1) is 5.82 Å². The number of hydrogen-bond acceptors (Lipinski definition) is 2. The zero-order valence-electron chi connectivity index (χ0n) is 10.2. The van der Waals surface area contributed by atoms with E-state index >= 15 is 0 Å². The van der Waals surface area contributed by atoms with Gasteiger partial charge in [0.2, 0.25) is 5.91 Å². The zero-order valence-corrected chi connectivity index (χ0v) is 11.8. The number of anilines is 1. The van der Waals surface area contributed by atoms with Crippen LogP contribution >= 0.6 is 15.9 Å². The van der Waals surface area contributed by atoms with Crippen LogP contribution in [-0.2, 0) is 4.79 Å². The van der Waals surface area contributed by atoms with E-state index in [1.807, 2.05) is 4.90 Å². The summed E-state index contributed by atoms with van der Waals surface area (Å²) in [5.74, 6) is -0.326. The molecule has 0 bridgehead atoms. The molecule has 0 aliphatic carbocycles. The van der Waals surface area contributed by atoms with E-state index in [1.54, 1.807) is 19.1 Å². The van der Waals surface area contributed by atoms with Crippen LogP contribution in [-0.4, -0.2) is 29.9 Å². The van der Waals surface area contributed by atoms with E-state index in [4.69, 9.17) is 0 Å². The highest BCUT2D eigenvalue weighted by Gasteiger charge is 2.24. The predicted molar refractivity (Wildman–Crippen MR) is 73.0 cm³/mol. The van der Waals surface area contributed by atoms with Crippen molar-refractivity contribution in [2.45, 2.75) is 25.8 Å². The van der Waals surface area contributed by atoms with Crippen molar-refractivity contribution >= 4 is 27.5 Å². The largest absolute Gasteiger partial charge is 0.371 e. The van der Waals surface area contributed by atoms with E-state index in [0.717, 1.165) is 25.9 Å². The molecule has 1 aromatic rings. The lowest BCUT2D eigenvalue weighted by Gasteiger charge is -2.22. The highest BCUT2D eigenvalue weighted by atomic mass is 79.9. The number of nitrogens with zero attached hydrogens (tertiary/aromatic N) is 1. The van der Waals surface area contributed by atoms with Gasteiger partial charge in [0.1, 0.15) is 11.9 Å². The molecule has 1 aliphatic heterocycles. The molecule has 1 aromatic carbocycles. The third-order valence-electron chi connectivity index (χ3n) is 3.11. The fraction of sp³-hybridized carbons (Fsp3) is 0.462. The van der Waals surface area contributed by atoms with E-state index in [2.05, 4.69) is 21.2 Å². The van der Waals surface area contributed by atoms with Crippen molar-refractivity contribution in [1.29, 1.82) is 0 Å². The smallest absolute Gasteiger partial charge is 0.244 e. The molecule has 1 amide bonds. The molecule has 98 valence electrons.